The zero-order chi connectivity index (χ0) is 26.2. The maximum absolute atomic E-state index is 12.9. The molecule has 0 aliphatic rings. The van der Waals surface area contributed by atoms with Gasteiger partial charge in [0.2, 0.25) is 17.7 Å². The molecular formula is C28H34N4O4. The highest BCUT2D eigenvalue weighted by Gasteiger charge is 2.21. The summed E-state index contributed by atoms with van der Waals surface area (Å²) in [4.78, 5) is 40.2. The molecule has 36 heavy (non-hydrogen) atoms. The van der Waals surface area contributed by atoms with Crippen LogP contribution in [0.2, 0.25) is 0 Å². The second-order valence-electron chi connectivity index (χ2n) is 9.08. The van der Waals surface area contributed by atoms with Crippen LogP contribution in [0.1, 0.15) is 41.0 Å². The van der Waals surface area contributed by atoms with Gasteiger partial charge in [-0.25, -0.2) is 0 Å². The summed E-state index contributed by atoms with van der Waals surface area (Å²) in [5.74, 6) is -0.313. The number of furan rings is 1. The van der Waals surface area contributed by atoms with Gasteiger partial charge in [0.15, 0.2) is 0 Å². The van der Waals surface area contributed by atoms with E-state index in [2.05, 4.69) is 16.0 Å². The van der Waals surface area contributed by atoms with Crippen LogP contribution in [0, 0.1) is 27.7 Å². The first-order valence-electron chi connectivity index (χ1n) is 11.9. The van der Waals surface area contributed by atoms with Crippen molar-refractivity contribution >= 4 is 29.1 Å². The Morgan fingerprint density at radius 2 is 1.17 bits per heavy atom. The van der Waals surface area contributed by atoms with Gasteiger partial charge in [-0.15, -0.1) is 0 Å². The summed E-state index contributed by atoms with van der Waals surface area (Å²) in [5.41, 5.74) is 5.22. The van der Waals surface area contributed by atoms with Crippen LogP contribution >= 0.6 is 0 Å². The third kappa shape index (κ3) is 7.29. The Bertz CT molecular complexity index is 1110. The summed E-state index contributed by atoms with van der Waals surface area (Å²) >= 11 is 0. The lowest BCUT2D eigenvalue weighted by molar-refractivity contribution is -0.125. The van der Waals surface area contributed by atoms with Crippen LogP contribution in [-0.4, -0.2) is 42.3 Å². The summed E-state index contributed by atoms with van der Waals surface area (Å²) < 4.78 is 5.35. The summed E-state index contributed by atoms with van der Waals surface area (Å²) in [7, 11) is 0. The van der Waals surface area contributed by atoms with Crippen molar-refractivity contribution in [3.8, 4) is 0 Å². The number of nitrogens with one attached hydrogen (secondary N) is 3. The Balaban J connectivity index is 1.71. The van der Waals surface area contributed by atoms with E-state index in [4.69, 9.17) is 4.42 Å². The molecule has 190 valence electrons. The smallest absolute Gasteiger partial charge is 0.238 e. The van der Waals surface area contributed by atoms with Gasteiger partial charge in [-0.3, -0.25) is 19.3 Å². The molecule has 0 fully saturated rings. The molecule has 0 spiro atoms. The number of carbonyl (C=O) groups excluding carboxylic acids is 3. The molecule has 3 aromatic rings. The summed E-state index contributed by atoms with van der Waals surface area (Å²) in [6.07, 6.45) is 1.54. The Labute approximate surface area is 212 Å². The van der Waals surface area contributed by atoms with Crippen LogP contribution in [0.15, 0.2) is 59.2 Å². The Morgan fingerprint density at radius 1 is 0.722 bits per heavy atom. The van der Waals surface area contributed by atoms with Gasteiger partial charge in [-0.1, -0.05) is 36.4 Å². The Hall–Kier alpha value is -3.91. The van der Waals surface area contributed by atoms with Gasteiger partial charge in [0.1, 0.15) is 5.76 Å². The summed E-state index contributed by atoms with van der Waals surface area (Å²) in [5, 5.41) is 8.71. The van der Waals surface area contributed by atoms with E-state index in [9.17, 15) is 14.4 Å². The minimum Gasteiger partial charge on any atom is -0.467 e. The molecule has 2 aromatic carbocycles. The van der Waals surface area contributed by atoms with E-state index < -0.39 is 0 Å². The maximum Gasteiger partial charge on any atom is 0.238 e. The fourth-order valence-corrected chi connectivity index (χ4v) is 4.05. The van der Waals surface area contributed by atoms with E-state index in [1.165, 1.54) is 4.90 Å². The highest BCUT2D eigenvalue weighted by Crippen LogP contribution is 2.20. The van der Waals surface area contributed by atoms with Crippen LogP contribution < -0.4 is 16.0 Å². The number of rotatable bonds is 10. The van der Waals surface area contributed by atoms with E-state index in [0.29, 0.717) is 5.76 Å². The number of hydrogen-bond donors (Lipinski definition) is 3. The molecule has 0 saturated carbocycles. The predicted molar refractivity (Wildman–Crippen MR) is 141 cm³/mol. The molecule has 3 amide bonds. The Kier molecular flexibility index (Phi) is 9.02. The van der Waals surface area contributed by atoms with E-state index in [-0.39, 0.29) is 43.4 Å². The highest BCUT2D eigenvalue weighted by atomic mass is 16.3. The number of benzene rings is 2. The van der Waals surface area contributed by atoms with Crippen LogP contribution in [0.25, 0.3) is 0 Å². The second-order valence-corrected chi connectivity index (χ2v) is 9.08. The van der Waals surface area contributed by atoms with E-state index in [1.54, 1.807) is 18.4 Å². The van der Waals surface area contributed by atoms with Crippen LogP contribution in [0.5, 0.6) is 0 Å². The molecule has 1 heterocycles. The van der Waals surface area contributed by atoms with E-state index in [0.717, 1.165) is 33.6 Å². The molecule has 3 rings (SSSR count). The molecule has 0 aliphatic carbocycles. The van der Waals surface area contributed by atoms with Crippen LogP contribution in [-0.2, 0) is 14.4 Å². The molecule has 0 aliphatic heterocycles. The molecule has 3 N–H and O–H groups in total. The standard InChI is InChI=1S/C28H34N4O4/c1-18-9-6-10-19(2)27(18)30-25(34)16-32(15-24(33)29-22(5)23-13-8-14-36-23)17-26(35)31-28-20(3)11-7-12-21(28)4/h6-14,22H,15-17H2,1-5H3,(H,29,33)(H,30,34)(H,31,35)/t22-/m1/s1. The number of carbonyl (C=O) groups is 3. The lowest BCUT2D eigenvalue weighted by atomic mass is 10.1. The third-order valence-electron chi connectivity index (χ3n) is 5.94. The van der Waals surface area contributed by atoms with Crippen molar-refractivity contribution in [2.45, 2.75) is 40.7 Å². The van der Waals surface area contributed by atoms with Gasteiger partial charge >= 0.3 is 0 Å². The summed E-state index contributed by atoms with van der Waals surface area (Å²) in [6.45, 7) is 9.09. The molecule has 1 atom stereocenters. The first-order chi connectivity index (χ1) is 17.1. The maximum atomic E-state index is 12.9. The summed E-state index contributed by atoms with van der Waals surface area (Å²) in [6, 6.07) is 14.7. The molecular weight excluding hydrogens is 456 g/mol. The predicted octanol–water partition coefficient (Wildman–Crippen LogP) is 4.27. The fraction of sp³-hybridized carbons (Fsp3) is 0.321. The lowest BCUT2D eigenvalue weighted by Crippen LogP contribution is -2.45. The van der Waals surface area contributed by atoms with Gasteiger partial charge in [0.05, 0.1) is 31.9 Å². The average molecular weight is 491 g/mol. The van der Waals surface area contributed by atoms with Crippen molar-refractivity contribution in [2.24, 2.45) is 0 Å². The normalized spacial score (nSPS) is 11.7. The van der Waals surface area contributed by atoms with Gasteiger partial charge in [-0.2, -0.15) is 0 Å². The molecule has 1 aromatic heterocycles. The van der Waals surface area contributed by atoms with Crippen molar-refractivity contribution in [1.29, 1.82) is 0 Å². The first-order valence-corrected chi connectivity index (χ1v) is 11.9. The zero-order valence-corrected chi connectivity index (χ0v) is 21.5. The number of para-hydroxylation sites is 2. The quantitative estimate of drug-likeness (QED) is 0.394. The molecule has 0 radical (unpaired) electrons. The number of hydrogen-bond acceptors (Lipinski definition) is 5. The number of nitrogens with zero attached hydrogens (tertiary/aromatic N) is 1. The number of amides is 3. The van der Waals surface area contributed by atoms with E-state index >= 15 is 0 Å². The van der Waals surface area contributed by atoms with Crippen LogP contribution in [0.4, 0.5) is 11.4 Å². The van der Waals surface area contributed by atoms with Crippen molar-refractivity contribution in [2.75, 3.05) is 30.3 Å². The largest absolute Gasteiger partial charge is 0.467 e. The molecule has 8 heteroatoms. The third-order valence-corrected chi connectivity index (χ3v) is 5.94. The highest BCUT2D eigenvalue weighted by molar-refractivity contribution is 5.96. The molecule has 8 nitrogen and oxygen atoms in total. The van der Waals surface area contributed by atoms with Crippen molar-refractivity contribution in [3.63, 3.8) is 0 Å². The van der Waals surface area contributed by atoms with Crippen molar-refractivity contribution in [1.82, 2.24) is 10.2 Å². The Morgan fingerprint density at radius 3 is 1.58 bits per heavy atom. The second kappa shape index (κ2) is 12.2. The minimum absolute atomic E-state index is 0.128. The van der Waals surface area contributed by atoms with Crippen molar-refractivity contribution < 1.29 is 18.8 Å². The van der Waals surface area contributed by atoms with Crippen molar-refractivity contribution in [3.05, 3.63) is 82.8 Å². The SMILES string of the molecule is Cc1cccc(C)c1NC(=O)CN(CC(=O)Nc1c(C)cccc1C)CC(=O)N[C@H](C)c1ccco1. The molecule has 0 bridgehead atoms. The lowest BCUT2D eigenvalue weighted by Gasteiger charge is -2.23. The topological polar surface area (TPSA) is 104 Å². The molecule has 0 unspecified atom stereocenters. The van der Waals surface area contributed by atoms with Gasteiger partial charge < -0.3 is 20.4 Å². The first kappa shape index (κ1) is 26.7. The van der Waals surface area contributed by atoms with E-state index in [1.807, 2.05) is 71.0 Å². The fourth-order valence-electron chi connectivity index (χ4n) is 4.05. The van der Waals surface area contributed by atoms with Gasteiger partial charge in [0.25, 0.3) is 0 Å². The zero-order valence-electron chi connectivity index (χ0n) is 21.5. The van der Waals surface area contributed by atoms with Gasteiger partial charge in [-0.05, 0) is 69.0 Å². The van der Waals surface area contributed by atoms with Gasteiger partial charge in [0, 0.05) is 11.4 Å². The number of anilines is 2. The number of aryl methyl sites for hydroxylation is 4. The monoisotopic (exact) mass is 490 g/mol. The average Bonchev–Trinajstić information content (AvgIpc) is 3.34. The minimum atomic E-state index is -0.346. The van der Waals surface area contributed by atoms with Crippen LogP contribution in [0.3, 0.4) is 0 Å². The molecule has 0 saturated heterocycles.